The Kier molecular flexibility index (Phi) is 5.59. The molecule has 1 aliphatic heterocycles. The van der Waals surface area contributed by atoms with Gasteiger partial charge in [0.1, 0.15) is 5.69 Å². The molecule has 0 radical (unpaired) electrons. The molecular weight excluding hydrogens is 416 g/mol. The number of aromatic carboxylic acids is 1. The number of aromatic nitrogens is 1. The number of fused-ring (bicyclic) bond motifs is 2. The number of para-hydroxylation sites is 1. The highest BCUT2D eigenvalue weighted by Gasteiger charge is 2.22. The molecule has 0 saturated heterocycles. The molecule has 2 N–H and O–H groups in total. The van der Waals surface area contributed by atoms with E-state index in [9.17, 15) is 9.90 Å². The summed E-state index contributed by atoms with van der Waals surface area (Å²) in [6.45, 7) is 5.52. The molecule has 1 aromatic heterocycles. The van der Waals surface area contributed by atoms with Crippen LogP contribution in [0.5, 0.6) is 11.5 Å². The van der Waals surface area contributed by atoms with Crippen molar-refractivity contribution in [2.75, 3.05) is 6.79 Å². The second kappa shape index (κ2) is 8.84. The van der Waals surface area contributed by atoms with Crippen molar-refractivity contribution in [2.24, 2.45) is 0 Å². The van der Waals surface area contributed by atoms with Crippen molar-refractivity contribution in [1.29, 1.82) is 0 Å². The Bertz CT molecular complexity index is 1340. The van der Waals surface area contributed by atoms with E-state index in [1.54, 1.807) is 6.08 Å². The minimum absolute atomic E-state index is 0.240. The summed E-state index contributed by atoms with van der Waals surface area (Å²) < 4.78 is 12.7. The zero-order valence-corrected chi connectivity index (χ0v) is 18.1. The minimum atomic E-state index is -0.936. The molecule has 166 valence electrons. The van der Waals surface area contributed by atoms with Crippen molar-refractivity contribution < 1.29 is 19.4 Å². The molecular formula is C27H24N2O4. The van der Waals surface area contributed by atoms with Gasteiger partial charge in [0.25, 0.3) is 0 Å². The highest BCUT2D eigenvalue weighted by Crippen LogP contribution is 2.32. The fraction of sp³-hybridized carbons (Fsp3) is 0.148. The molecule has 0 amide bonds. The van der Waals surface area contributed by atoms with E-state index in [4.69, 9.17) is 9.47 Å². The summed E-state index contributed by atoms with van der Waals surface area (Å²) in [4.78, 5) is 12.4. The standard InChI is InChI=1S/C27H24N2O4/c1-2-18-7-9-19(10-8-18)16-29-23-6-4-3-5-21(23)22(26(29)27(30)31)15-28-14-20-11-12-24-25(13-20)33-17-32-24/h2-13,28H,1,14-17H2,(H,30,31). The fourth-order valence-electron chi connectivity index (χ4n) is 4.29. The Balaban J connectivity index is 1.44. The van der Waals surface area contributed by atoms with E-state index in [1.807, 2.05) is 71.3 Å². The van der Waals surface area contributed by atoms with Crippen molar-refractivity contribution in [3.8, 4) is 11.5 Å². The van der Waals surface area contributed by atoms with E-state index in [0.717, 1.165) is 44.7 Å². The number of nitrogens with one attached hydrogen (secondary N) is 1. The number of benzene rings is 3. The zero-order valence-electron chi connectivity index (χ0n) is 18.1. The van der Waals surface area contributed by atoms with Crippen LogP contribution in [0.25, 0.3) is 17.0 Å². The van der Waals surface area contributed by atoms with E-state index in [0.29, 0.717) is 25.3 Å². The number of ether oxygens (including phenoxy) is 2. The molecule has 6 heteroatoms. The predicted octanol–water partition coefficient (Wildman–Crippen LogP) is 5.05. The number of hydrogen-bond donors (Lipinski definition) is 2. The van der Waals surface area contributed by atoms with Crippen LogP contribution in [-0.2, 0) is 19.6 Å². The van der Waals surface area contributed by atoms with Crippen LogP contribution in [-0.4, -0.2) is 22.4 Å². The fourth-order valence-corrected chi connectivity index (χ4v) is 4.29. The first-order valence-corrected chi connectivity index (χ1v) is 10.8. The van der Waals surface area contributed by atoms with Gasteiger partial charge in [-0.25, -0.2) is 4.79 Å². The average molecular weight is 440 g/mol. The Hall–Kier alpha value is -4.03. The number of carboxylic acid groups (broad SMARTS) is 1. The van der Waals surface area contributed by atoms with Gasteiger partial charge in [0.05, 0.1) is 0 Å². The molecule has 5 rings (SSSR count). The lowest BCUT2D eigenvalue weighted by atomic mass is 10.1. The Morgan fingerprint density at radius 1 is 1.00 bits per heavy atom. The van der Waals surface area contributed by atoms with Gasteiger partial charge in [0, 0.05) is 36.1 Å². The largest absolute Gasteiger partial charge is 0.477 e. The average Bonchev–Trinajstić information content (AvgIpc) is 3.42. The van der Waals surface area contributed by atoms with Gasteiger partial charge in [-0.15, -0.1) is 0 Å². The summed E-state index contributed by atoms with van der Waals surface area (Å²) >= 11 is 0. The molecule has 33 heavy (non-hydrogen) atoms. The SMILES string of the molecule is C=Cc1ccc(Cn2c(C(=O)O)c(CNCc3ccc4c(c3)OCO4)c3ccccc32)cc1. The van der Waals surface area contributed by atoms with Crippen molar-refractivity contribution in [3.05, 3.63) is 101 Å². The van der Waals surface area contributed by atoms with E-state index in [2.05, 4.69) is 11.9 Å². The molecule has 0 atom stereocenters. The molecule has 4 aromatic rings. The van der Waals surface area contributed by atoms with Crippen LogP contribution in [0, 0.1) is 0 Å². The van der Waals surface area contributed by atoms with E-state index in [1.165, 1.54) is 0 Å². The van der Waals surface area contributed by atoms with Gasteiger partial charge in [0.15, 0.2) is 11.5 Å². The molecule has 0 unspecified atom stereocenters. The van der Waals surface area contributed by atoms with E-state index in [-0.39, 0.29) is 6.79 Å². The lowest BCUT2D eigenvalue weighted by Crippen LogP contribution is -2.17. The van der Waals surface area contributed by atoms with Gasteiger partial charge in [0.2, 0.25) is 6.79 Å². The number of nitrogens with zero attached hydrogens (tertiary/aromatic N) is 1. The van der Waals surface area contributed by atoms with Crippen LogP contribution in [0.15, 0.2) is 73.3 Å². The number of rotatable bonds is 8. The lowest BCUT2D eigenvalue weighted by Gasteiger charge is -2.10. The summed E-state index contributed by atoms with van der Waals surface area (Å²) in [7, 11) is 0. The predicted molar refractivity (Wildman–Crippen MR) is 128 cm³/mol. The quantitative estimate of drug-likeness (QED) is 0.401. The summed E-state index contributed by atoms with van der Waals surface area (Å²) in [5.41, 5.74) is 5.10. The second-order valence-corrected chi connectivity index (χ2v) is 7.97. The number of hydrogen-bond acceptors (Lipinski definition) is 4. The van der Waals surface area contributed by atoms with Gasteiger partial charge in [-0.1, -0.05) is 61.2 Å². The summed E-state index contributed by atoms with van der Waals surface area (Å²) in [6, 6.07) is 21.7. The maximum absolute atomic E-state index is 12.4. The van der Waals surface area contributed by atoms with Crippen LogP contribution in [0.1, 0.15) is 32.7 Å². The Morgan fingerprint density at radius 2 is 1.76 bits per heavy atom. The molecule has 1 aliphatic rings. The van der Waals surface area contributed by atoms with Crippen LogP contribution in [0.2, 0.25) is 0 Å². The maximum Gasteiger partial charge on any atom is 0.352 e. The summed E-state index contributed by atoms with van der Waals surface area (Å²) in [5.74, 6) is 0.546. The van der Waals surface area contributed by atoms with Crippen LogP contribution in [0.3, 0.4) is 0 Å². The first-order chi connectivity index (χ1) is 16.1. The molecule has 3 aromatic carbocycles. The first-order valence-electron chi connectivity index (χ1n) is 10.8. The van der Waals surface area contributed by atoms with Crippen molar-refractivity contribution in [2.45, 2.75) is 19.6 Å². The van der Waals surface area contributed by atoms with Gasteiger partial charge < -0.3 is 24.5 Å². The summed E-state index contributed by atoms with van der Waals surface area (Å²) in [5, 5.41) is 14.5. The third-order valence-corrected chi connectivity index (χ3v) is 5.90. The van der Waals surface area contributed by atoms with Gasteiger partial charge in [-0.05, 0) is 34.9 Å². The monoisotopic (exact) mass is 440 g/mol. The van der Waals surface area contributed by atoms with Crippen molar-refractivity contribution in [3.63, 3.8) is 0 Å². The maximum atomic E-state index is 12.4. The molecule has 0 saturated carbocycles. The van der Waals surface area contributed by atoms with Crippen LogP contribution in [0.4, 0.5) is 0 Å². The van der Waals surface area contributed by atoms with Crippen molar-refractivity contribution in [1.82, 2.24) is 9.88 Å². The molecule has 0 spiro atoms. The van der Waals surface area contributed by atoms with Crippen LogP contribution < -0.4 is 14.8 Å². The molecule has 0 bridgehead atoms. The third-order valence-electron chi connectivity index (χ3n) is 5.90. The highest BCUT2D eigenvalue weighted by molar-refractivity contribution is 5.98. The van der Waals surface area contributed by atoms with E-state index < -0.39 is 5.97 Å². The minimum Gasteiger partial charge on any atom is -0.477 e. The highest BCUT2D eigenvalue weighted by atomic mass is 16.7. The van der Waals surface area contributed by atoms with Crippen LogP contribution >= 0.6 is 0 Å². The first kappa shape index (κ1) is 20.8. The van der Waals surface area contributed by atoms with Gasteiger partial charge in [-0.3, -0.25) is 0 Å². The zero-order chi connectivity index (χ0) is 22.8. The van der Waals surface area contributed by atoms with Gasteiger partial charge >= 0.3 is 5.97 Å². The number of carboxylic acids is 1. The Labute approximate surface area is 191 Å². The molecule has 0 aliphatic carbocycles. The molecule has 2 heterocycles. The van der Waals surface area contributed by atoms with Gasteiger partial charge in [-0.2, -0.15) is 0 Å². The Morgan fingerprint density at radius 3 is 2.55 bits per heavy atom. The second-order valence-electron chi connectivity index (χ2n) is 7.97. The van der Waals surface area contributed by atoms with Crippen molar-refractivity contribution >= 4 is 22.9 Å². The topological polar surface area (TPSA) is 72.7 Å². The number of carbonyl (C=O) groups is 1. The lowest BCUT2D eigenvalue weighted by molar-refractivity contribution is 0.0684. The third kappa shape index (κ3) is 4.08. The van der Waals surface area contributed by atoms with E-state index >= 15 is 0 Å². The molecule has 6 nitrogen and oxygen atoms in total. The smallest absolute Gasteiger partial charge is 0.352 e. The summed E-state index contributed by atoms with van der Waals surface area (Å²) in [6.07, 6.45) is 1.79. The normalized spacial score (nSPS) is 12.2. The molecule has 0 fully saturated rings.